The van der Waals surface area contributed by atoms with Gasteiger partial charge in [0.2, 0.25) is 0 Å². The Morgan fingerprint density at radius 1 is 0.438 bits per heavy atom. The van der Waals surface area contributed by atoms with Crippen molar-refractivity contribution in [2.45, 2.75) is 0 Å². The van der Waals surface area contributed by atoms with Crippen molar-refractivity contribution in [3.63, 3.8) is 0 Å². The summed E-state index contributed by atoms with van der Waals surface area (Å²) in [5, 5.41) is 7.06. The minimum Gasteiger partial charge on any atom is -0.144 e. The van der Waals surface area contributed by atoms with Crippen molar-refractivity contribution in [1.82, 2.24) is 0 Å². The zero-order valence-corrected chi connectivity index (χ0v) is 18.8. The molecular weight excluding hydrogens is 424 g/mol. The average Bonchev–Trinajstić information content (AvgIpc) is 3.62. The van der Waals surface area contributed by atoms with Crippen LogP contribution in [-0.2, 0) is 0 Å². The lowest BCUT2D eigenvalue weighted by Crippen LogP contribution is -1.92. The fraction of sp³-hybridized carbons (Fsp3) is 0. The van der Waals surface area contributed by atoms with E-state index in [0.29, 0.717) is 0 Å². The van der Waals surface area contributed by atoms with Crippen LogP contribution in [0.4, 0.5) is 0 Å². The Kier molecular flexibility index (Phi) is 3.98. The molecule has 0 atom stereocenters. The molecule has 2 aromatic heterocycles. The Bertz CT molecular complexity index is 1580. The fourth-order valence-electron chi connectivity index (χ4n) is 5.14. The summed E-state index contributed by atoms with van der Waals surface area (Å²) in [6.45, 7) is 0. The van der Waals surface area contributed by atoms with Gasteiger partial charge in [0.1, 0.15) is 0 Å². The van der Waals surface area contributed by atoms with Crippen molar-refractivity contribution in [2.24, 2.45) is 0 Å². The van der Waals surface area contributed by atoms with Gasteiger partial charge in [-0.15, -0.1) is 22.7 Å². The van der Waals surface area contributed by atoms with Crippen LogP contribution in [0.5, 0.6) is 0 Å². The van der Waals surface area contributed by atoms with Crippen LogP contribution >= 0.6 is 22.7 Å². The highest BCUT2D eigenvalue weighted by Crippen LogP contribution is 2.57. The average molecular weight is 443 g/mol. The van der Waals surface area contributed by atoms with Gasteiger partial charge in [-0.2, -0.15) is 0 Å². The Morgan fingerprint density at radius 2 is 1.12 bits per heavy atom. The van der Waals surface area contributed by atoms with Crippen molar-refractivity contribution in [2.75, 3.05) is 0 Å². The first-order chi connectivity index (χ1) is 15.9. The molecule has 0 aliphatic heterocycles. The molecule has 0 saturated carbocycles. The van der Waals surface area contributed by atoms with Crippen molar-refractivity contribution in [1.29, 1.82) is 0 Å². The third kappa shape index (κ3) is 2.54. The van der Waals surface area contributed by atoms with Crippen molar-refractivity contribution >= 4 is 33.4 Å². The van der Waals surface area contributed by atoms with Crippen LogP contribution in [0.2, 0.25) is 0 Å². The highest BCUT2D eigenvalue weighted by molar-refractivity contribution is 7.14. The van der Waals surface area contributed by atoms with Crippen LogP contribution in [0.1, 0.15) is 0 Å². The first kappa shape index (κ1) is 18.1. The SMILES string of the molecule is c1ccc(-c2cc(-c3cccs3)c3c(c2-c2cccs2)-c2cccc4cccc-3c24)cc1. The first-order valence-corrected chi connectivity index (χ1v) is 12.5. The second kappa shape index (κ2) is 7.03. The Labute approximate surface area is 195 Å². The molecule has 0 saturated heterocycles. The standard InChI is InChI=1S/C30H18S2/c1-2-8-19(9-3-1)23-18-24(25-14-6-16-31-25)28-21-12-4-10-20-11-5-13-22(27(20)21)30(28)29(23)26-15-7-17-32-26/h1-18H. The van der Waals surface area contributed by atoms with E-state index in [9.17, 15) is 0 Å². The lowest BCUT2D eigenvalue weighted by Gasteiger charge is -2.19. The normalized spacial score (nSPS) is 11.8. The smallest absolute Gasteiger partial charge is 0.0355 e. The van der Waals surface area contributed by atoms with Crippen LogP contribution in [0.15, 0.2) is 108 Å². The number of benzene rings is 4. The molecule has 150 valence electrons. The molecule has 0 amide bonds. The zero-order chi connectivity index (χ0) is 21.1. The molecule has 0 N–H and O–H groups in total. The second-order valence-electron chi connectivity index (χ2n) is 8.13. The highest BCUT2D eigenvalue weighted by atomic mass is 32.1. The lowest BCUT2D eigenvalue weighted by atomic mass is 9.86. The summed E-state index contributed by atoms with van der Waals surface area (Å²) in [6, 6.07) is 35.6. The molecule has 1 aliphatic rings. The zero-order valence-electron chi connectivity index (χ0n) is 17.2. The van der Waals surface area contributed by atoms with Crippen molar-refractivity contribution in [3.8, 4) is 54.3 Å². The van der Waals surface area contributed by atoms with Gasteiger partial charge in [0, 0.05) is 26.4 Å². The molecule has 6 aromatic rings. The van der Waals surface area contributed by atoms with Gasteiger partial charge in [-0.1, -0.05) is 78.9 Å². The van der Waals surface area contributed by atoms with Crippen LogP contribution in [0, 0.1) is 0 Å². The summed E-state index contributed by atoms with van der Waals surface area (Å²) >= 11 is 3.65. The minimum absolute atomic E-state index is 1.26. The molecule has 7 rings (SSSR count). The van der Waals surface area contributed by atoms with Crippen LogP contribution < -0.4 is 0 Å². The van der Waals surface area contributed by atoms with E-state index in [2.05, 4.69) is 108 Å². The van der Waals surface area contributed by atoms with E-state index in [-0.39, 0.29) is 0 Å². The fourth-order valence-corrected chi connectivity index (χ4v) is 6.68. The number of thiophene rings is 2. The molecule has 32 heavy (non-hydrogen) atoms. The number of rotatable bonds is 3. The maximum absolute atomic E-state index is 2.43. The topological polar surface area (TPSA) is 0 Å². The molecule has 0 unspecified atom stereocenters. The highest BCUT2D eigenvalue weighted by Gasteiger charge is 2.30. The van der Waals surface area contributed by atoms with Gasteiger partial charge in [0.15, 0.2) is 0 Å². The molecule has 0 bridgehead atoms. The molecule has 0 radical (unpaired) electrons. The molecule has 2 heteroatoms. The quantitative estimate of drug-likeness (QED) is 0.255. The monoisotopic (exact) mass is 442 g/mol. The largest absolute Gasteiger partial charge is 0.144 e. The van der Waals surface area contributed by atoms with E-state index in [1.165, 1.54) is 65.0 Å². The van der Waals surface area contributed by atoms with Crippen LogP contribution in [0.25, 0.3) is 65.0 Å². The summed E-state index contributed by atoms with van der Waals surface area (Å²) in [4.78, 5) is 2.64. The molecule has 1 aliphatic carbocycles. The predicted octanol–water partition coefficient (Wildman–Crippen LogP) is 9.61. The van der Waals surface area contributed by atoms with Crippen LogP contribution in [-0.4, -0.2) is 0 Å². The van der Waals surface area contributed by atoms with Gasteiger partial charge in [0.05, 0.1) is 0 Å². The summed E-state index contributed by atoms with van der Waals surface area (Å²) in [5.74, 6) is 0. The lowest BCUT2D eigenvalue weighted by molar-refractivity contribution is 1.61. The van der Waals surface area contributed by atoms with Gasteiger partial charge in [-0.3, -0.25) is 0 Å². The molecule has 0 spiro atoms. The summed E-state index contributed by atoms with van der Waals surface area (Å²) in [7, 11) is 0. The van der Waals surface area contributed by atoms with Crippen molar-refractivity contribution in [3.05, 3.63) is 108 Å². The van der Waals surface area contributed by atoms with Gasteiger partial charge < -0.3 is 0 Å². The molecule has 0 nitrogen and oxygen atoms in total. The summed E-state index contributed by atoms with van der Waals surface area (Å²) < 4.78 is 0. The molecular formula is C30H18S2. The van der Waals surface area contributed by atoms with Crippen molar-refractivity contribution < 1.29 is 0 Å². The number of fused-ring (bicyclic) bond motifs is 3. The van der Waals surface area contributed by atoms with Gasteiger partial charge in [0.25, 0.3) is 0 Å². The van der Waals surface area contributed by atoms with E-state index < -0.39 is 0 Å². The van der Waals surface area contributed by atoms with E-state index in [4.69, 9.17) is 0 Å². The summed E-state index contributed by atoms with van der Waals surface area (Å²) in [5.41, 5.74) is 10.7. The molecule has 4 aromatic carbocycles. The Hall–Kier alpha value is -3.46. The molecule has 0 fully saturated rings. The maximum Gasteiger partial charge on any atom is 0.0355 e. The van der Waals surface area contributed by atoms with Gasteiger partial charge >= 0.3 is 0 Å². The van der Waals surface area contributed by atoms with E-state index in [1.54, 1.807) is 0 Å². The first-order valence-electron chi connectivity index (χ1n) is 10.8. The maximum atomic E-state index is 2.43. The minimum atomic E-state index is 1.26. The summed E-state index contributed by atoms with van der Waals surface area (Å²) in [6.07, 6.45) is 0. The van der Waals surface area contributed by atoms with E-state index in [1.807, 2.05) is 22.7 Å². The number of hydrogen-bond acceptors (Lipinski definition) is 2. The predicted molar refractivity (Wildman–Crippen MR) is 140 cm³/mol. The van der Waals surface area contributed by atoms with Gasteiger partial charge in [-0.05, 0) is 67.5 Å². The van der Waals surface area contributed by atoms with Gasteiger partial charge in [-0.25, -0.2) is 0 Å². The molecule has 2 heterocycles. The number of hydrogen-bond donors (Lipinski definition) is 0. The third-order valence-electron chi connectivity index (χ3n) is 6.41. The van der Waals surface area contributed by atoms with Crippen LogP contribution in [0.3, 0.4) is 0 Å². The second-order valence-corrected chi connectivity index (χ2v) is 10.0. The van der Waals surface area contributed by atoms with E-state index in [0.717, 1.165) is 0 Å². The Balaban J connectivity index is 1.71. The Morgan fingerprint density at radius 3 is 1.81 bits per heavy atom. The van der Waals surface area contributed by atoms with E-state index >= 15 is 0 Å². The third-order valence-corrected chi connectivity index (χ3v) is 8.20.